The Morgan fingerprint density at radius 2 is 1.80 bits per heavy atom. The molecule has 0 aliphatic carbocycles. The zero-order valence-corrected chi connectivity index (χ0v) is 16.0. The van der Waals surface area contributed by atoms with Gasteiger partial charge in [-0.1, -0.05) is 6.92 Å². The van der Waals surface area contributed by atoms with Crippen LogP contribution in [-0.2, 0) is 19.6 Å². The van der Waals surface area contributed by atoms with Crippen LogP contribution in [0.2, 0.25) is 0 Å². The predicted molar refractivity (Wildman–Crippen MR) is 96.2 cm³/mol. The van der Waals surface area contributed by atoms with E-state index in [2.05, 4.69) is 5.32 Å². The van der Waals surface area contributed by atoms with E-state index in [-0.39, 0.29) is 23.9 Å². The Hall–Kier alpha value is -1.64. The molecule has 1 aromatic carbocycles. The lowest BCUT2D eigenvalue weighted by atomic mass is 10.3. The molecular weight excluding hydrogens is 344 g/mol. The summed E-state index contributed by atoms with van der Waals surface area (Å²) in [6.45, 7) is 7.64. The molecule has 0 saturated heterocycles. The molecule has 0 saturated carbocycles. The summed E-state index contributed by atoms with van der Waals surface area (Å²) in [5.74, 6) is 0.282. The maximum absolute atomic E-state index is 12.7. The van der Waals surface area contributed by atoms with E-state index in [9.17, 15) is 13.2 Å². The number of sulfonamides is 1. The lowest BCUT2D eigenvalue weighted by molar-refractivity contribution is -0.121. The highest BCUT2D eigenvalue weighted by Gasteiger charge is 2.25. The quantitative estimate of drug-likeness (QED) is 0.564. The van der Waals surface area contributed by atoms with Crippen molar-refractivity contribution >= 4 is 15.9 Å². The highest BCUT2D eigenvalue weighted by molar-refractivity contribution is 7.89. The maximum atomic E-state index is 12.7. The van der Waals surface area contributed by atoms with Crippen LogP contribution in [0.5, 0.6) is 5.75 Å². The topological polar surface area (TPSA) is 84.9 Å². The summed E-state index contributed by atoms with van der Waals surface area (Å²) < 4.78 is 37.0. The molecule has 142 valence electrons. The van der Waals surface area contributed by atoms with E-state index in [1.807, 2.05) is 13.8 Å². The molecule has 0 radical (unpaired) electrons. The first-order chi connectivity index (χ1) is 12.0. The van der Waals surface area contributed by atoms with Crippen molar-refractivity contribution in [2.75, 3.05) is 39.5 Å². The van der Waals surface area contributed by atoms with Crippen molar-refractivity contribution in [3.8, 4) is 5.75 Å². The van der Waals surface area contributed by atoms with Gasteiger partial charge in [0.25, 0.3) is 0 Å². The largest absolute Gasteiger partial charge is 0.494 e. The van der Waals surface area contributed by atoms with Crippen LogP contribution in [0.25, 0.3) is 0 Å². The van der Waals surface area contributed by atoms with E-state index >= 15 is 0 Å². The van der Waals surface area contributed by atoms with Gasteiger partial charge in [-0.2, -0.15) is 4.31 Å². The summed E-state index contributed by atoms with van der Waals surface area (Å²) in [4.78, 5) is 12.1. The molecule has 0 aromatic heterocycles. The standard InChI is InChI=1S/C17H28N2O5S/c1-4-19(14-17(20)18-12-7-13-23-5-2)25(21,22)16-10-8-15(9-11-16)24-6-3/h8-11H,4-7,12-14H2,1-3H3,(H,18,20). The van der Waals surface area contributed by atoms with Gasteiger partial charge in [-0.05, 0) is 44.5 Å². The van der Waals surface area contributed by atoms with Crippen LogP contribution in [0.4, 0.5) is 0 Å². The molecule has 1 N–H and O–H groups in total. The Kier molecular flexibility index (Phi) is 9.48. The van der Waals surface area contributed by atoms with Gasteiger partial charge in [0.05, 0.1) is 18.0 Å². The van der Waals surface area contributed by atoms with Gasteiger partial charge in [-0.25, -0.2) is 8.42 Å². The molecule has 8 heteroatoms. The van der Waals surface area contributed by atoms with Crippen LogP contribution in [0.15, 0.2) is 29.2 Å². The van der Waals surface area contributed by atoms with E-state index in [1.54, 1.807) is 19.1 Å². The van der Waals surface area contributed by atoms with Gasteiger partial charge in [0.2, 0.25) is 15.9 Å². The second-order valence-corrected chi connectivity index (χ2v) is 7.17. The average molecular weight is 372 g/mol. The minimum absolute atomic E-state index is 0.141. The van der Waals surface area contributed by atoms with E-state index in [0.29, 0.717) is 38.5 Å². The number of hydrogen-bond donors (Lipinski definition) is 1. The molecule has 0 aliphatic rings. The lowest BCUT2D eigenvalue weighted by Crippen LogP contribution is -2.40. The molecule has 25 heavy (non-hydrogen) atoms. The average Bonchev–Trinajstić information content (AvgIpc) is 2.60. The number of benzene rings is 1. The van der Waals surface area contributed by atoms with Gasteiger partial charge in [-0.3, -0.25) is 4.79 Å². The molecular formula is C17H28N2O5S. The highest BCUT2D eigenvalue weighted by Crippen LogP contribution is 2.19. The second kappa shape index (κ2) is 11.1. The van der Waals surface area contributed by atoms with Crippen molar-refractivity contribution < 1.29 is 22.7 Å². The summed E-state index contributed by atoms with van der Waals surface area (Å²) in [5, 5.41) is 2.71. The van der Waals surface area contributed by atoms with Crippen molar-refractivity contribution in [2.45, 2.75) is 32.1 Å². The number of likely N-dealkylation sites (N-methyl/N-ethyl adjacent to an activating group) is 1. The fourth-order valence-electron chi connectivity index (χ4n) is 2.15. The smallest absolute Gasteiger partial charge is 0.243 e. The molecule has 0 spiro atoms. The number of carbonyl (C=O) groups is 1. The van der Waals surface area contributed by atoms with Crippen molar-refractivity contribution in [2.24, 2.45) is 0 Å². The predicted octanol–water partition coefficient (Wildman–Crippen LogP) is 1.64. The van der Waals surface area contributed by atoms with Crippen LogP contribution in [-0.4, -0.2) is 58.1 Å². The molecule has 0 bridgehead atoms. The summed E-state index contributed by atoms with van der Waals surface area (Å²) in [6, 6.07) is 6.20. The molecule has 1 aromatic rings. The van der Waals surface area contributed by atoms with Crippen molar-refractivity contribution in [3.63, 3.8) is 0 Å². The number of carbonyl (C=O) groups excluding carboxylic acids is 1. The molecule has 0 heterocycles. The minimum atomic E-state index is -3.72. The third kappa shape index (κ3) is 7.01. The fraction of sp³-hybridized carbons (Fsp3) is 0.588. The summed E-state index contributed by atoms with van der Waals surface area (Å²) in [7, 11) is -3.72. The van der Waals surface area contributed by atoms with Crippen molar-refractivity contribution in [1.29, 1.82) is 0 Å². The van der Waals surface area contributed by atoms with Gasteiger partial charge in [0, 0.05) is 26.3 Å². The third-order valence-electron chi connectivity index (χ3n) is 3.44. The zero-order chi connectivity index (χ0) is 18.7. The van der Waals surface area contributed by atoms with E-state index < -0.39 is 10.0 Å². The van der Waals surface area contributed by atoms with Crippen LogP contribution < -0.4 is 10.1 Å². The summed E-state index contributed by atoms with van der Waals surface area (Å²) in [6.07, 6.45) is 0.692. The first kappa shape index (κ1) is 21.4. The van der Waals surface area contributed by atoms with E-state index in [0.717, 1.165) is 4.31 Å². The number of rotatable bonds is 12. The number of ether oxygens (including phenoxy) is 2. The molecule has 1 amide bonds. The number of amides is 1. The van der Waals surface area contributed by atoms with Gasteiger partial charge >= 0.3 is 0 Å². The molecule has 0 aliphatic heterocycles. The zero-order valence-electron chi connectivity index (χ0n) is 15.2. The Balaban J connectivity index is 2.65. The first-order valence-electron chi connectivity index (χ1n) is 8.53. The SMILES string of the molecule is CCOCCCNC(=O)CN(CC)S(=O)(=O)c1ccc(OCC)cc1. The first-order valence-corrected chi connectivity index (χ1v) is 9.97. The fourth-order valence-corrected chi connectivity index (χ4v) is 3.56. The van der Waals surface area contributed by atoms with Gasteiger partial charge in [0.1, 0.15) is 5.75 Å². The van der Waals surface area contributed by atoms with Crippen LogP contribution in [0.3, 0.4) is 0 Å². The Morgan fingerprint density at radius 1 is 1.12 bits per heavy atom. The van der Waals surface area contributed by atoms with Gasteiger partial charge in [-0.15, -0.1) is 0 Å². The normalized spacial score (nSPS) is 11.5. The Labute approximate surface area is 150 Å². The Bertz CT molecular complexity index is 616. The van der Waals surface area contributed by atoms with Gasteiger partial charge < -0.3 is 14.8 Å². The molecule has 0 fully saturated rings. The summed E-state index contributed by atoms with van der Waals surface area (Å²) >= 11 is 0. The third-order valence-corrected chi connectivity index (χ3v) is 5.37. The molecule has 0 unspecified atom stereocenters. The van der Waals surface area contributed by atoms with E-state index in [4.69, 9.17) is 9.47 Å². The number of nitrogens with zero attached hydrogens (tertiary/aromatic N) is 1. The van der Waals surface area contributed by atoms with Crippen molar-refractivity contribution in [3.05, 3.63) is 24.3 Å². The molecule has 1 rings (SSSR count). The monoisotopic (exact) mass is 372 g/mol. The lowest BCUT2D eigenvalue weighted by Gasteiger charge is -2.20. The minimum Gasteiger partial charge on any atom is -0.494 e. The van der Waals surface area contributed by atoms with Crippen LogP contribution >= 0.6 is 0 Å². The number of nitrogens with one attached hydrogen (secondary N) is 1. The summed E-state index contributed by atoms with van der Waals surface area (Å²) in [5.41, 5.74) is 0. The van der Waals surface area contributed by atoms with Crippen LogP contribution in [0.1, 0.15) is 27.2 Å². The van der Waals surface area contributed by atoms with Crippen LogP contribution in [0, 0.1) is 0 Å². The molecule has 0 atom stereocenters. The van der Waals surface area contributed by atoms with Gasteiger partial charge in [0.15, 0.2) is 0 Å². The number of hydrogen-bond acceptors (Lipinski definition) is 5. The van der Waals surface area contributed by atoms with Crippen molar-refractivity contribution in [1.82, 2.24) is 9.62 Å². The maximum Gasteiger partial charge on any atom is 0.243 e. The highest BCUT2D eigenvalue weighted by atomic mass is 32.2. The second-order valence-electron chi connectivity index (χ2n) is 5.24. The molecule has 7 nitrogen and oxygen atoms in total. The van der Waals surface area contributed by atoms with E-state index in [1.165, 1.54) is 12.1 Å². The Morgan fingerprint density at radius 3 is 2.36 bits per heavy atom.